The lowest BCUT2D eigenvalue weighted by Crippen LogP contribution is -2.37. The van der Waals surface area contributed by atoms with E-state index in [4.69, 9.17) is 4.74 Å². The lowest BCUT2D eigenvalue weighted by atomic mass is 9.67. The van der Waals surface area contributed by atoms with Crippen molar-refractivity contribution in [1.82, 2.24) is 0 Å². The molecule has 134 valence electrons. The maximum atomic E-state index is 11.9. The van der Waals surface area contributed by atoms with E-state index >= 15 is 0 Å². The van der Waals surface area contributed by atoms with Gasteiger partial charge in [0, 0.05) is 0 Å². The first-order chi connectivity index (χ1) is 11.1. The predicted molar refractivity (Wildman–Crippen MR) is 93.6 cm³/mol. The number of unbranched alkanes of at least 4 members (excludes halogenated alkanes) is 4. The minimum atomic E-state index is -0.577. The lowest BCUT2D eigenvalue weighted by molar-refractivity contribution is -0.152. The molecule has 1 N–H and O–H groups in total. The van der Waals surface area contributed by atoms with E-state index in [0.717, 1.165) is 44.4 Å². The zero-order valence-electron chi connectivity index (χ0n) is 15.2. The Bertz CT molecular complexity index is 358. The van der Waals surface area contributed by atoms with Crippen molar-refractivity contribution >= 4 is 5.97 Å². The van der Waals surface area contributed by atoms with Crippen LogP contribution in [0.2, 0.25) is 0 Å². The number of ether oxygens (including phenoxy) is 1. The van der Waals surface area contributed by atoms with Gasteiger partial charge in [0.25, 0.3) is 0 Å². The molecule has 3 nitrogen and oxygen atoms in total. The van der Waals surface area contributed by atoms with Crippen LogP contribution >= 0.6 is 0 Å². The molecule has 1 aliphatic carbocycles. The second-order valence-electron chi connectivity index (χ2n) is 7.94. The highest BCUT2D eigenvalue weighted by atomic mass is 16.6. The summed E-state index contributed by atoms with van der Waals surface area (Å²) in [6.45, 7) is 4.45. The van der Waals surface area contributed by atoms with Gasteiger partial charge in [0.15, 0.2) is 0 Å². The van der Waals surface area contributed by atoms with Crippen LogP contribution in [0.1, 0.15) is 97.3 Å². The van der Waals surface area contributed by atoms with Crippen molar-refractivity contribution in [2.45, 2.75) is 110 Å². The molecule has 0 aromatic heterocycles. The van der Waals surface area contributed by atoms with Crippen molar-refractivity contribution < 1.29 is 14.6 Å². The first kappa shape index (κ1) is 18.8. The van der Waals surface area contributed by atoms with E-state index in [1.54, 1.807) is 0 Å². The Labute approximate surface area is 142 Å². The molecule has 0 spiro atoms. The van der Waals surface area contributed by atoms with Crippen molar-refractivity contribution in [3.05, 3.63) is 0 Å². The summed E-state index contributed by atoms with van der Waals surface area (Å²) >= 11 is 0. The Kier molecular flexibility index (Phi) is 7.39. The van der Waals surface area contributed by atoms with Gasteiger partial charge in [-0.15, -0.1) is 0 Å². The van der Waals surface area contributed by atoms with Gasteiger partial charge in [0.05, 0.1) is 17.6 Å². The van der Waals surface area contributed by atoms with E-state index in [2.05, 4.69) is 13.8 Å². The summed E-state index contributed by atoms with van der Waals surface area (Å²) < 4.78 is 5.78. The topological polar surface area (TPSA) is 49.8 Å². The van der Waals surface area contributed by atoms with Crippen LogP contribution in [0.3, 0.4) is 0 Å². The standard InChI is InChI=1S/C20H36O3/c1-3-5-7-9-16-11-13-20(14-12-16,19(21)22)15-18-17(23-18)10-8-6-4-2/h16-18H,3-15H2,1-2H3,(H,21,22)/t16?,17-,18-,20?/m0/s1. The molecule has 2 atom stereocenters. The Morgan fingerprint density at radius 1 is 1.00 bits per heavy atom. The van der Waals surface area contributed by atoms with E-state index in [0.29, 0.717) is 6.10 Å². The molecule has 3 heteroatoms. The first-order valence-electron chi connectivity index (χ1n) is 10.00. The van der Waals surface area contributed by atoms with Gasteiger partial charge in [0.1, 0.15) is 0 Å². The molecule has 2 fully saturated rings. The molecule has 1 saturated heterocycles. The predicted octanol–water partition coefficient (Wildman–Crippen LogP) is 5.57. The summed E-state index contributed by atoms with van der Waals surface area (Å²) in [4.78, 5) is 11.9. The fourth-order valence-electron chi connectivity index (χ4n) is 4.30. The minimum absolute atomic E-state index is 0.222. The zero-order valence-corrected chi connectivity index (χ0v) is 15.2. The van der Waals surface area contributed by atoms with Crippen molar-refractivity contribution in [1.29, 1.82) is 0 Å². The van der Waals surface area contributed by atoms with E-state index in [1.165, 1.54) is 44.9 Å². The molecule has 0 amide bonds. The fourth-order valence-corrected chi connectivity index (χ4v) is 4.30. The molecule has 0 bridgehead atoms. The van der Waals surface area contributed by atoms with Crippen LogP contribution in [0.25, 0.3) is 0 Å². The average molecular weight is 325 g/mol. The van der Waals surface area contributed by atoms with E-state index in [-0.39, 0.29) is 6.10 Å². The van der Waals surface area contributed by atoms with E-state index in [1.807, 2.05) is 0 Å². The number of carboxylic acid groups (broad SMARTS) is 1. The first-order valence-corrected chi connectivity index (χ1v) is 10.00. The SMILES string of the molecule is CCCCCC1CCC(C[C@@H]2O[C@H]2CCCCC)(C(=O)O)CC1. The molecule has 1 saturated carbocycles. The molecule has 23 heavy (non-hydrogen) atoms. The van der Waals surface area contributed by atoms with Crippen LogP contribution in [0.4, 0.5) is 0 Å². The number of aliphatic carboxylic acids is 1. The van der Waals surface area contributed by atoms with Crippen molar-refractivity contribution in [3.8, 4) is 0 Å². The summed E-state index contributed by atoms with van der Waals surface area (Å²) in [7, 11) is 0. The van der Waals surface area contributed by atoms with Gasteiger partial charge in [0.2, 0.25) is 0 Å². The van der Waals surface area contributed by atoms with Gasteiger partial charge in [-0.25, -0.2) is 0 Å². The maximum absolute atomic E-state index is 11.9. The molecular formula is C20H36O3. The number of carbonyl (C=O) groups is 1. The highest BCUT2D eigenvalue weighted by Crippen LogP contribution is 2.47. The minimum Gasteiger partial charge on any atom is -0.481 e. The highest BCUT2D eigenvalue weighted by molar-refractivity contribution is 5.74. The maximum Gasteiger partial charge on any atom is 0.309 e. The number of hydrogen-bond donors (Lipinski definition) is 1. The van der Waals surface area contributed by atoms with Gasteiger partial charge in [-0.3, -0.25) is 4.79 Å². The quantitative estimate of drug-likeness (QED) is 0.399. The summed E-state index contributed by atoms with van der Waals surface area (Å²) in [5.41, 5.74) is -0.495. The van der Waals surface area contributed by atoms with Crippen LogP contribution in [0, 0.1) is 11.3 Å². The molecule has 0 unspecified atom stereocenters. The number of carboxylic acids is 1. The van der Waals surface area contributed by atoms with Gasteiger partial charge in [-0.2, -0.15) is 0 Å². The molecule has 0 aromatic rings. The molecule has 2 rings (SSSR count). The van der Waals surface area contributed by atoms with Crippen LogP contribution in [0.15, 0.2) is 0 Å². The van der Waals surface area contributed by atoms with Crippen LogP contribution < -0.4 is 0 Å². The Morgan fingerprint density at radius 3 is 2.17 bits per heavy atom. The molecule has 0 aromatic carbocycles. The summed E-state index contributed by atoms with van der Waals surface area (Å²) in [6.07, 6.45) is 15.3. The average Bonchev–Trinajstić information content (AvgIpc) is 3.27. The molecule has 1 heterocycles. The van der Waals surface area contributed by atoms with Crippen molar-refractivity contribution in [2.75, 3.05) is 0 Å². The Morgan fingerprint density at radius 2 is 1.61 bits per heavy atom. The van der Waals surface area contributed by atoms with E-state index < -0.39 is 11.4 Å². The molecule has 0 radical (unpaired) electrons. The lowest BCUT2D eigenvalue weighted by Gasteiger charge is -2.36. The Balaban J connectivity index is 1.75. The molecule has 1 aliphatic heterocycles. The third-order valence-electron chi connectivity index (χ3n) is 6.10. The van der Waals surface area contributed by atoms with Gasteiger partial charge < -0.3 is 9.84 Å². The third-order valence-corrected chi connectivity index (χ3v) is 6.10. The highest BCUT2D eigenvalue weighted by Gasteiger charge is 2.49. The van der Waals surface area contributed by atoms with Crippen LogP contribution in [-0.2, 0) is 9.53 Å². The normalized spacial score (nSPS) is 33.6. The Hall–Kier alpha value is -0.570. The monoisotopic (exact) mass is 324 g/mol. The number of hydrogen-bond acceptors (Lipinski definition) is 2. The second-order valence-corrected chi connectivity index (χ2v) is 7.94. The fraction of sp³-hybridized carbons (Fsp3) is 0.950. The second kappa shape index (κ2) is 9.05. The molecule has 2 aliphatic rings. The third kappa shape index (κ3) is 5.48. The summed E-state index contributed by atoms with van der Waals surface area (Å²) in [6, 6.07) is 0. The smallest absolute Gasteiger partial charge is 0.309 e. The van der Waals surface area contributed by atoms with E-state index in [9.17, 15) is 9.90 Å². The van der Waals surface area contributed by atoms with Crippen LogP contribution in [0.5, 0.6) is 0 Å². The van der Waals surface area contributed by atoms with Gasteiger partial charge >= 0.3 is 5.97 Å². The molecular weight excluding hydrogens is 288 g/mol. The van der Waals surface area contributed by atoms with Crippen molar-refractivity contribution in [2.24, 2.45) is 11.3 Å². The van der Waals surface area contributed by atoms with Crippen molar-refractivity contribution in [3.63, 3.8) is 0 Å². The zero-order chi connectivity index (χ0) is 16.7. The van der Waals surface area contributed by atoms with Crippen LogP contribution in [-0.4, -0.2) is 23.3 Å². The number of epoxide rings is 1. The van der Waals surface area contributed by atoms with Gasteiger partial charge in [-0.1, -0.05) is 58.8 Å². The van der Waals surface area contributed by atoms with Gasteiger partial charge in [-0.05, 0) is 44.4 Å². The largest absolute Gasteiger partial charge is 0.481 e. The summed E-state index contributed by atoms with van der Waals surface area (Å²) in [5, 5.41) is 9.81. The number of rotatable bonds is 11. The summed E-state index contributed by atoms with van der Waals surface area (Å²) in [5.74, 6) is 0.182.